The number of H-pyrrole nitrogens is 1. The number of furan rings is 1. The van der Waals surface area contributed by atoms with Crippen LogP contribution in [0.5, 0.6) is 0 Å². The number of aryl methyl sites for hydroxylation is 1. The van der Waals surface area contributed by atoms with E-state index in [0.29, 0.717) is 17.0 Å². The van der Waals surface area contributed by atoms with Crippen LogP contribution in [-0.4, -0.2) is 15.8 Å². The molecule has 0 saturated carbocycles. The van der Waals surface area contributed by atoms with E-state index in [1.165, 1.54) is 6.26 Å². The standard InChI is InChI=1S/C13H9BrN2O2/c1-7-2-3-18-12(7)11(17)10-6-16-13-9(10)4-8(14)5-15-13/h2-6H,1H3,(H,15,16). The fraction of sp³-hybridized carbons (Fsp3) is 0.0769. The van der Waals surface area contributed by atoms with Crippen LogP contribution in [-0.2, 0) is 0 Å². The molecule has 0 aliphatic rings. The van der Waals surface area contributed by atoms with Crippen LogP contribution in [0.25, 0.3) is 11.0 Å². The number of aromatic nitrogens is 2. The van der Waals surface area contributed by atoms with Crippen LogP contribution >= 0.6 is 15.9 Å². The third-order valence-electron chi connectivity index (χ3n) is 2.81. The van der Waals surface area contributed by atoms with Crippen molar-refractivity contribution in [3.05, 3.63) is 52.1 Å². The molecule has 0 bridgehead atoms. The smallest absolute Gasteiger partial charge is 0.230 e. The Morgan fingerprint density at radius 3 is 3.06 bits per heavy atom. The molecule has 90 valence electrons. The Labute approximate surface area is 111 Å². The van der Waals surface area contributed by atoms with Crippen molar-refractivity contribution in [3.8, 4) is 0 Å². The quantitative estimate of drug-likeness (QED) is 0.738. The highest BCUT2D eigenvalue weighted by molar-refractivity contribution is 9.10. The van der Waals surface area contributed by atoms with Gasteiger partial charge in [0.25, 0.3) is 0 Å². The summed E-state index contributed by atoms with van der Waals surface area (Å²) >= 11 is 3.35. The first kappa shape index (κ1) is 11.2. The third-order valence-corrected chi connectivity index (χ3v) is 3.24. The van der Waals surface area contributed by atoms with E-state index in [4.69, 9.17) is 4.42 Å². The number of nitrogens with zero attached hydrogens (tertiary/aromatic N) is 1. The van der Waals surface area contributed by atoms with Crippen molar-refractivity contribution in [2.45, 2.75) is 6.92 Å². The van der Waals surface area contributed by atoms with Gasteiger partial charge in [-0.2, -0.15) is 0 Å². The van der Waals surface area contributed by atoms with E-state index in [2.05, 4.69) is 25.9 Å². The average molecular weight is 305 g/mol. The van der Waals surface area contributed by atoms with Gasteiger partial charge in [0, 0.05) is 22.3 Å². The highest BCUT2D eigenvalue weighted by atomic mass is 79.9. The number of nitrogens with one attached hydrogen (secondary N) is 1. The SMILES string of the molecule is Cc1ccoc1C(=O)c1c[nH]c2ncc(Br)cc12. The summed E-state index contributed by atoms with van der Waals surface area (Å²) in [5.74, 6) is 0.236. The lowest BCUT2D eigenvalue weighted by molar-refractivity contribution is 0.101. The van der Waals surface area contributed by atoms with E-state index >= 15 is 0 Å². The summed E-state index contributed by atoms with van der Waals surface area (Å²) in [6, 6.07) is 3.64. The molecule has 0 amide bonds. The molecule has 0 spiro atoms. The second-order valence-corrected chi connectivity index (χ2v) is 4.93. The summed E-state index contributed by atoms with van der Waals surface area (Å²) in [5, 5.41) is 0.783. The predicted octanol–water partition coefficient (Wildman–Crippen LogP) is 3.46. The van der Waals surface area contributed by atoms with Crippen LogP contribution in [0, 0.1) is 6.92 Å². The number of hydrogen-bond acceptors (Lipinski definition) is 3. The van der Waals surface area contributed by atoms with Gasteiger partial charge in [-0.3, -0.25) is 4.79 Å². The molecule has 5 heteroatoms. The van der Waals surface area contributed by atoms with Gasteiger partial charge in [0.15, 0.2) is 5.76 Å². The number of halogens is 1. The van der Waals surface area contributed by atoms with Gasteiger partial charge in [-0.25, -0.2) is 4.98 Å². The van der Waals surface area contributed by atoms with Crippen molar-refractivity contribution in [3.63, 3.8) is 0 Å². The molecular weight excluding hydrogens is 296 g/mol. The molecule has 0 aliphatic carbocycles. The molecule has 18 heavy (non-hydrogen) atoms. The van der Waals surface area contributed by atoms with Gasteiger partial charge < -0.3 is 9.40 Å². The van der Waals surface area contributed by atoms with Crippen molar-refractivity contribution < 1.29 is 9.21 Å². The number of carbonyl (C=O) groups is 1. The summed E-state index contributed by atoms with van der Waals surface area (Å²) in [4.78, 5) is 19.5. The Bertz CT molecular complexity index is 742. The molecule has 4 nitrogen and oxygen atoms in total. The van der Waals surface area contributed by atoms with Crippen molar-refractivity contribution in [2.75, 3.05) is 0 Å². The maximum Gasteiger partial charge on any atom is 0.230 e. The third kappa shape index (κ3) is 1.67. The molecule has 0 aliphatic heterocycles. The summed E-state index contributed by atoms with van der Waals surface area (Å²) in [5.41, 5.74) is 2.08. The van der Waals surface area contributed by atoms with Gasteiger partial charge in [0.2, 0.25) is 5.78 Å². The number of ketones is 1. The zero-order valence-electron chi connectivity index (χ0n) is 9.53. The van der Waals surface area contributed by atoms with Crippen LogP contribution in [0.2, 0.25) is 0 Å². The van der Waals surface area contributed by atoms with E-state index < -0.39 is 0 Å². The Morgan fingerprint density at radius 2 is 2.33 bits per heavy atom. The number of rotatable bonds is 2. The number of carbonyl (C=O) groups excluding carboxylic acids is 1. The van der Waals surface area contributed by atoms with Crippen molar-refractivity contribution in [2.24, 2.45) is 0 Å². The van der Waals surface area contributed by atoms with Crippen molar-refractivity contribution in [1.29, 1.82) is 0 Å². The molecule has 0 aromatic carbocycles. The Balaban J connectivity index is 2.18. The minimum atomic E-state index is -0.136. The minimum Gasteiger partial charge on any atom is -0.461 e. The first-order valence-electron chi connectivity index (χ1n) is 5.38. The van der Waals surface area contributed by atoms with E-state index in [-0.39, 0.29) is 5.78 Å². The molecule has 0 saturated heterocycles. The Morgan fingerprint density at radius 1 is 1.50 bits per heavy atom. The molecule has 0 radical (unpaired) electrons. The zero-order chi connectivity index (χ0) is 12.7. The van der Waals surface area contributed by atoms with Gasteiger partial charge >= 0.3 is 0 Å². The molecule has 3 rings (SSSR count). The van der Waals surface area contributed by atoms with Crippen LogP contribution < -0.4 is 0 Å². The molecular formula is C13H9BrN2O2. The largest absolute Gasteiger partial charge is 0.461 e. The monoisotopic (exact) mass is 304 g/mol. The van der Waals surface area contributed by atoms with Crippen molar-refractivity contribution >= 4 is 32.7 Å². The normalized spacial score (nSPS) is 11.0. The maximum absolute atomic E-state index is 12.4. The molecule has 0 unspecified atom stereocenters. The maximum atomic E-state index is 12.4. The van der Waals surface area contributed by atoms with Gasteiger partial charge in [-0.1, -0.05) is 0 Å². The second kappa shape index (κ2) is 4.10. The lowest BCUT2D eigenvalue weighted by Crippen LogP contribution is -2.00. The van der Waals surface area contributed by atoms with Crippen LogP contribution in [0.1, 0.15) is 21.7 Å². The zero-order valence-corrected chi connectivity index (χ0v) is 11.1. The lowest BCUT2D eigenvalue weighted by atomic mass is 10.1. The highest BCUT2D eigenvalue weighted by Gasteiger charge is 2.19. The molecule has 3 aromatic heterocycles. The fourth-order valence-electron chi connectivity index (χ4n) is 1.89. The molecule has 3 heterocycles. The number of pyridine rings is 1. The van der Waals surface area contributed by atoms with E-state index in [1.54, 1.807) is 18.5 Å². The van der Waals surface area contributed by atoms with Crippen molar-refractivity contribution in [1.82, 2.24) is 9.97 Å². The summed E-state index contributed by atoms with van der Waals surface area (Å²) in [6.07, 6.45) is 4.87. The molecule has 0 atom stereocenters. The summed E-state index contributed by atoms with van der Waals surface area (Å²) < 4.78 is 6.07. The van der Waals surface area contributed by atoms with Crippen LogP contribution in [0.4, 0.5) is 0 Å². The summed E-state index contributed by atoms with van der Waals surface area (Å²) in [6.45, 7) is 1.85. The predicted molar refractivity (Wildman–Crippen MR) is 70.7 cm³/mol. The summed E-state index contributed by atoms with van der Waals surface area (Å²) in [7, 11) is 0. The lowest BCUT2D eigenvalue weighted by Gasteiger charge is -1.97. The van der Waals surface area contributed by atoms with Gasteiger partial charge in [0.1, 0.15) is 5.65 Å². The van der Waals surface area contributed by atoms with E-state index in [9.17, 15) is 4.79 Å². The first-order chi connectivity index (χ1) is 8.66. The van der Waals surface area contributed by atoms with Crippen LogP contribution in [0.15, 0.2) is 39.7 Å². The number of fused-ring (bicyclic) bond motifs is 1. The molecule has 1 N–H and O–H groups in total. The van der Waals surface area contributed by atoms with E-state index in [1.807, 2.05) is 13.0 Å². The Hall–Kier alpha value is -1.88. The molecule has 0 fully saturated rings. The van der Waals surface area contributed by atoms with Crippen LogP contribution in [0.3, 0.4) is 0 Å². The van der Waals surface area contributed by atoms with E-state index in [0.717, 1.165) is 15.4 Å². The fourth-order valence-corrected chi connectivity index (χ4v) is 2.22. The minimum absolute atomic E-state index is 0.136. The van der Waals surface area contributed by atoms with Gasteiger partial charge in [0.05, 0.1) is 11.8 Å². The second-order valence-electron chi connectivity index (χ2n) is 4.01. The molecule has 3 aromatic rings. The number of hydrogen-bond donors (Lipinski definition) is 1. The average Bonchev–Trinajstić information content (AvgIpc) is 2.94. The van der Waals surface area contributed by atoms with Gasteiger partial charge in [-0.05, 0) is 40.5 Å². The highest BCUT2D eigenvalue weighted by Crippen LogP contribution is 2.24. The van der Waals surface area contributed by atoms with Gasteiger partial charge in [-0.15, -0.1) is 0 Å². The Kier molecular flexibility index (Phi) is 2.56. The number of aromatic amines is 1. The first-order valence-corrected chi connectivity index (χ1v) is 6.17. The topological polar surface area (TPSA) is 58.9 Å².